The Kier molecular flexibility index (Phi) is 5.67. The summed E-state index contributed by atoms with van der Waals surface area (Å²) in [6.07, 6.45) is 0. The van der Waals surface area contributed by atoms with Crippen molar-refractivity contribution in [1.82, 2.24) is 9.78 Å². The first-order valence-electron chi connectivity index (χ1n) is 12.9. The van der Waals surface area contributed by atoms with E-state index in [-0.39, 0.29) is 6.04 Å². The molecule has 6 nitrogen and oxygen atoms in total. The van der Waals surface area contributed by atoms with Crippen LogP contribution in [-0.4, -0.2) is 21.5 Å². The molecule has 0 amide bonds. The lowest BCUT2D eigenvalue weighted by Gasteiger charge is -2.40. The van der Waals surface area contributed by atoms with Crippen molar-refractivity contribution in [2.75, 3.05) is 10.2 Å². The van der Waals surface area contributed by atoms with Gasteiger partial charge in [0, 0.05) is 15.7 Å². The van der Waals surface area contributed by atoms with Crippen LogP contribution >= 0.6 is 15.9 Å². The topological polar surface area (TPSA) is 57.8 Å². The summed E-state index contributed by atoms with van der Waals surface area (Å²) in [6, 6.07) is 35.1. The van der Waals surface area contributed by atoms with Gasteiger partial charge in [0.2, 0.25) is 0 Å². The molecular formula is C32H25BrN6. The number of halogens is 1. The fourth-order valence-electron chi connectivity index (χ4n) is 5.28. The zero-order chi connectivity index (χ0) is 26.5. The summed E-state index contributed by atoms with van der Waals surface area (Å²) in [6.45, 7) is 4.16. The lowest BCUT2D eigenvalue weighted by atomic mass is 9.93. The molecule has 1 aromatic heterocycles. The minimum atomic E-state index is -0.149. The molecular weight excluding hydrogens is 548 g/mol. The van der Waals surface area contributed by atoms with Crippen LogP contribution in [0.4, 0.5) is 22.9 Å². The maximum absolute atomic E-state index is 5.29. The van der Waals surface area contributed by atoms with Crippen LogP contribution < -0.4 is 10.2 Å². The molecule has 0 spiro atoms. The van der Waals surface area contributed by atoms with E-state index >= 15 is 0 Å². The van der Waals surface area contributed by atoms with E-state index in [0.717, 1.165) is 55.7 Å². The van der Waals surface area contributed by atoms with E-state index in [1.165, 1.54) is 5.56 Å². The minimum Gasteiger partial charge on any atom is -0.337 e. The molecule has 1 atom stereocenters. The third-order valence-corrected chi connectivity index (χ3v) is 7.67. The predicted octanol–water partition coefficient (Wildman–Crippen LogP) is 8.05. The van der Waals surface area contributed by atoms with Crippen molar-refractivity contribution < 1.29 is 0 Å². The van der Waals surface area contributed by atoms with E-state index in [0.29, 0.717) is 5.84 Å². The van der Waals surface area contributed by atoms with Gasteiger partial charge in [-0.25, -0.2) is 14.7 Å². The summed E-state index contributed by atoms with van der Waals surface area (Å²) in [5.74, 6) is 2.27. The third kappa shape index (κ3) is 4.06. The Hall–Kier alpha value is -4.49. The number of amidine groups is 2. The van der Waals surface area contributed by atoms with Crippen LogP contribution in [0, 0.1) is 13.8 Å². The Morgan fingerprint density at radius 1 is 0.769 bits per heavy atom. The molecule has 4 aromatic carbocycles. The van der Waals surface area contributed by atoms with E-state index in [9.17, 15) is 0 Å². The molecule has 0 saturated heterocycles. The van der Waals surface area contributed by atoms with E-state index < -0.39 is 0 Å². The molecule has 0 bridgehead atoms. The van der Waals surface area contributed by atoms with Gasteiger partial charge in [0.1, 0.15) is 0 Å². The van der Waals surface area contributed by atoms with Crippen LogP contribution in [0.1, 0.15) is 28.4 Å². The van der Waals surface area contributed by atoms with Crippen molar-refractivity contribution in [2.24, 2.45) is 9.98 Å². The van der Waals surface area contributed by atoms with Crippen LogP contribution in [-0.2, 0) is 0 Å². The average molecular weight is 573 g/mol. The zero-order valence-corrected chi connectivity index (χ0v) is 23.1. The highest BCUT2D eigenvalue weighted by Crippen LogP contribution is 2.48. The van der Waals surface area contributed by atoms with E-state index in [1.54, 1.807) is 0 Å². The first-order valence-corrected chi connectivity index (χ1v) is 13.7. The molecule has 0 radical (unpaired) electrons. The fourth-order valence-corrected chi connectivity index (χ4v) is 5.55. The second kappa shape index (κ2) is 9.36. The maximum atomic E-state index is 5.29. The monoisotopic (exact) mass is 572 g/mol. The van der Waals surface area contributed by atoms with Crippen LogP contribution in [0.5, 0.6) is 0 Å². The van der Waals surface area contributed by atoms with Gasteiger partial charge in [-0.3, -0.25) is 0 Å². The van der Waals surface area contributed by atoms with Gasteiger partial charge in [-0.05, 0) is 67.9 Å². The Labute approximate surface area is 235 Å². The summed E-state index contributed by atoms with van der Waals surface area (Å²) >= 11 is 3.61. The number of hydrogen-bond donors (Lipinski definition) is 1. The average Bonchev–Trinajstić information content (AvgIpc) is 3.30. The molecule has 1 N–H and O–H groups in total. The van der Waals surface area contributed by atoms with Crippen LogP contribution in [0.3, 0.4) is 0 Å². The summed E-state index contributed by atoms with van der Waals surface area (Å²) in [7, 11) is 0. The van der Waals surface area contributed by atoms with Crippen molar-refractivity contribution >= 4 is 50.5 Å². The van der Waals surface area contributed by atoms with Gasteiger partial charge < -0.3 is 10.2 Å². The molecule has 7 heteroatoms. The Balaban J connectivity index is 1.49. The second-order valence-electron chi connectivity index (χ2n) is 9.77. The number of anilines is 2. The molecule has 0 fully saturated rings. The van der Waals surface area contributed by atoms with Gasteiger partial charge in [-0.15, -0.1) is 0 Å². The molecule has 190 valence electrons. The highest BCUT2D eigenvalue weighted by Gasteiger charge is 2.41. The number of hydrogen-bond acceptors (Lipinski definition) is 5. The van der Waals surface area contributed by atoms with Gasteiger partial charge in [-0.2, -0.15) is 5.10 Å². The number of nitrogens with one attached hydrogen (secondary N) is 1. The predicted molar refractivity (Wildman–Crippen MR) is 162 cm³/mol. The van der Waals surface area contributed by atoms with Gasteiger partial charge in [-0.1, -0.05) is 76.1 Å². The summed E-state index contributed by atoms with van der Waals surface area (Å²) in [4.78, 5) is 12.7. The molecule has 0 aliphatic carbocycles. The first kappa shape index (κ1) is 23.6. The number of aromatic nitrogens is 2. The highest BCUT2D eigenvalue weighted by molar-refractivity contribution is 9.10. The quantitative estimate of drug-likeness (QED) is 0.238. The fraction of sp³-hybridized carbons (Fsp3) is 0.0938. The highest BCUT2D eigenvalue weighted by atomic mass is 79.9. The molecule has 3 heterocycles. The van der Waals surface area contributed by atoms with Crippen LogP contribution in [0.15, 0.2) is 118 Å². The smallest absolute Gasteiger partial charge is 0.179 e. The van der Waals surface area contributed by atoms with Crippen molar-refractivity contribution in [1.29, 1.82) is 0 Å². The third-order valence-electron chi connectivity index (χ3n) is 7.14. The number of nitrogens with zero attached hydrogens (tertiary/aromatic N) is 5. The molecule has 39 heavy (non-hydrogen) atoms. The standard InChI is InChI=1S/C32H25BrN6/c1-20-12-18-24(19-13-20)34-30-32-36-31-28(21(2)37-39(31)25-8-4-3-5-9-25)29(22-14-16-23(33)17-15-22)38(32)27-11-7-6-10-26(27)35-30/h3-19,29H,1-2H3,(H,34,35)/t29-/m0/s1. The lowest BCUT2D eigenvalue weighted by molar-refractivity contribution is 0.815. The largest absolute Gasteiger partial charge is 0.337 e. The van der Waals surface area contributed by atoms with Gasteiger partial charge in [0.15, 0.2) is 17.5 Å². The molecule has 0 saturated carbocycles. The van der Waals surface area contributed by atoms with Crippen molar-refractivity contribution in [2.45, 2.75) is 19.9 Å². The normalized spacial score (nSPS) is 15.6. The minimum absolute atomic E-state index is 0.149. The Bertz CT molecular complexity index is 1750. The molecule has 7 rings (SSSR count). The number of aliphatic imine (C=N–C) groups is 2. The molecule has 2 aliphatic heterocycles. The maximum Gasteiger partial charge on any atom is 0.179 e. The number of para-hydroxylation sites is 3. The van der Waals surface area contributed by atoms with Crippen molar-refractivity contribution in [3.63, 3.8) is 0 Å². The SMILES string of the molecule is Cc1ccc(NC2=Nc3ccccc3N3C2=Nc2c(c(C)nn2-c2ccccc2)[C@@H]3c2ccc(Br)cc2)cc1. The number of fused-ring (bicyclic) bond motifs is 4. The number of rotatable bonds is 3. The van der Waals surface area contributed by atoms with Crippen LogP contribution in [0.2, 0.25) is 0 Å². The van der Waals surface area contributed by atoms with Crippen LogP contribution in [0.25, 0.3) is 5.69 Å². The van der Waals surface area contributed by atoms with Gasteiger partial charge in [0.05, 0.1) is 28.8 Å². The van der Waals surface area contributed by atoms with Crippen molar-refractivity contribution in [3.8, 4) is 5.69 Å². The summed E-state index contributed by atoms with van der Waals surface area (Å²) in [5, 5.41) is 8.57. The molecule has 5 aromatic rings. The van der Waals surface area contributed by atoms with E-state index in [1.807, 2.05) is 28.9 Å². The van der Waals surface area contributed by atoms with E-state index in [4.69, 9.17) is 15.1 Å². The second-order valence-corrected chi connectivity index (χ2v) is 10.7. The number of benzene rings is 4. The first-order chi connectivity index (χ1) is 19.1. The Morgan fingerprint density at radius 3 is 2.26 bits per heavy atom. The summed E-state index contributed by atoms with van der Waals surface area (Å²) < 4.78 is 2.99. The summed E-state index contributed by atoms with van der Waals surface area (Å²) in [5.41, 5.74) is 8.20. The Morgan fingerprint density at radius 2 is 1.49 bits per heavy atom. The lowest BCUT2D eigenvalue weighted by Crippen LogP contribution is -2.46. The van der Waals surface area contributed by atoms with Gasteiger partial charge >= 0.3 is 0 Å². The van der Waals surface area contributed by atoms with E-state index in [2.05, 4.69) is 119 Å². The molecule has 2 aliphatic rings. The van der Waals surface area contributed by atoms with Crippen molar-refractivity contribution in [3.05, 3.63) is 130 Å². The zero-order valence-electron chi connectivity index (χ0n) is 21.5. The van der Waals surface area contributed by atoms with Gasteiger partial charge in [0.25, 0.3) is 0 Å². The number of aryl methyl sites for hydroxylation is 2. The molecule has 0 unspecified atom stereocenters.